The van der Waals surface area contributed by atoms with Gasteiger partial charge in [-0.05, 0) is 49.4 Å². The van der Waals surface area contributed by atoms with E-state index in [9.17, 15) is 8.78 Å². The molecule has 2 rings (SSSR count). The largest absolute Gasteiger partial charge is 0.367 e. The minimum atomic E-state index is -0.438. The molecule has 0 bridgehead atoms. The lowest BCUT2D eigenvalue weighted by molar-refractivity contribution is 0.435. The maximum atomic E-state index is 14.2. The van der Waals surface area contributed by atoms with E-state index >= 15 is 0 Å². The van der Waals surface area contributed by atoms with Crippen molar-refractivity contribution in [2.24, 2.45) is 5.92 Å². The second-order valence-electron chi connectivity index (χ2n) is 5.78. The first-order valence-corrected chi connectivity index (χ1v) is 7.55. The van der Waals surface area contributed by atoms with Crippen LogP contribution in [0.2, 0.25) is 0 Å². The summed E-state index contributed by atoms with van der Waals surface area (Å²) in [5.41, 5.74) is 0.818. The van der Waals surface area contributed by atoms with Gasteiger partial charge in [-0.3, -0.25) is 0 Å². The number of nitrogens with one attached hydrogen (secondary N) is 1. The van der Waals surface area contributed by atoms with E-state index in [0.717, 1.165) is 38.9 Å². The lowest BCUT2D eigenvalue weighted by atomic mass is 9.99. The molecule has 1 heterocycles. The van der Waals surface area contributed by atoms with Crippen molar-refractivity contribution in [2.45, 2.75) is 39.7 Å². The van der Waals surface area contributed by atoms with Crippen LogP contribution in [0.15, 0.2) is 12.1 Å². The third-order valence-electron chi connectivity index (χ3n) is 3.81. The van der Waals surface area contributed by atoms with E-state index in [4.69, 9.17) is 0 Å². The molecule has 1 N–H and O–H groups in total. The van der Waals surface area contributed by atoms with Gasteiger partial charge in [0.15, 0.2) is 0 Å². The molecule has 4 heteroatoms. The molecule has 0 spiro atoms. The fourth-order valence-electron chi connectivity index (χ4n) is 2.82. The van der Waals surface area contributed by atoms with Gasteiger partial charge in [-0.1, -0.05) is 13.8 Å². The van der Waals surface area contributed by atoms with Gasteiger partial charge in [0.05, 0.1) is 0 Å². The number of nitrogens with zero attached hydrogens (tertiary/aromatic N) is 1. The summed E-state index contributed by atoms with van der Waals surface area (Å²) in [4.78, 5) is 1.85. The fourth-order valence-corrected chi connectivity index (χ4v) is 2.82. The highest BCUT2D eigenvalue weighted by Crippen LogP contribution is 2.29. The minimum absolute atomic E-state index is 0.149. The van der Waals surface area contributed by atoms with E-state index in [2.05, 4.69) is 19.2 Å². The second kappa shape index (κ2) is 7.02. The zero-order valence-electron chi connectivity index (χ0n) is 12.4. The van der Waals surface area contributed by atoms with Gasteiger partial charge in [0.2, 0.25) is 0 Å². The van der Waals surface area contributed by atoms with Crippen molar-refractivity contribution in [1.82, 2.24) is 5.32 Å². The zero-order valence-corrected chi connectivity index (χ0v) is 12.4. The Morgan fingerprint density at radius 2 is 2.00 bits per heavy atom. The highest BCUT2D eigenvalue weighted by Gasteiger charge is 2.22. The van der Waals surface area contributed by atoms with Gasteiger partial charge in [-0.15, -0.1) is 0 Å². The van der Waals surface area contributed by atoms with Crippen molar-refractivity contribution < 1.29 is 8.78 Å². The first-order valence-electron chi connectivity index (χ1n) is 7.55. The van der Waals surface area contributed by atoms with Gasteiger partial charge in [0.25, 0.3) is 0 Å². The van der Waals surface area contributed by atoms with Crippen molar-refractivity contribution in [3.05, 3.63) is 29.3 Å². The first kappa shape index (κ1) is 15.2. The van der Waals surface area contributed by atoms with Crippen LogP contribution in [0.5, 0.6) is 0 Å². The van der Waals surface area contributed by atoms with Crippen LogP contribution >= 0.6 is 0 Å². The number of hydrogen-bond acceptors (Lipinski definition) is 2. The molecule has 1 aromatic rings. The summed E-state index contributed by atoms with van der Waals surface area (Å²) >= 11 is 0. The number of anilines is 1. The number of halogens is 2. The number of piperidine rings is 1. The van der Waals surface area contributed by atoms with Crippen LogP contribution in [0, 0.1) is 17.6 Å². The highest BCUT2D eigenvalue weighted by atomic mass is 19.1. The summed E-state index contributed by atoms with van der Waals surface area (Å²) < 4.78 is 28.4. The Morgan fingerprint density at radius 1 is 1.30 bits per heavy atom. The van der Waals surface area contributed by atoms with E-state index in [1.54, 1.807) is 0 Å². The Labute approximate surface area is 120 Å². The van der Waals surface area contributed by atoms with Gasteiger partial charge >= 0.3 is 0 Å². The molecule has 1 aliphatic rings. The number of rotatable bonds is 5. The summed E-state index contributed by atoms with van der Waals surface area (Å²) in [6.07, 6.45) is 3.15. The van der Waals surface area contributed by atoms with Crippen LogP contribution in [0.25, 0.3) is 0 Å². The van der Waals surface area contributed by atoms with E-state index in [0.29, 0.717) is 18.0 Å². The van der Waals surface area contributed by atoms with E-state index in [-0.39, 0.29) is 5.69 Å². The molecule has 1 unspecified atom stereocenters. The van der Waals surface area contributed by atoms with Crippen molar-refractivity contribution >= 4 is 5.69 Å². The van der Waals surface area contributed by atoms with Crippen LogP contribution in [-0.4, -0.2) is 19.6 Å². The first-order chi connectivity index (χ1) is 9.61. The predicted molar refractivity (Wildman–Crippen MR) is 79.0 cm³/mol. The van der Waals surface area contributed by atoms with Crippen LogP contribution < -0.4 is 10.2 Å². The normalized spacial score (nSPS) is 19.4. The molecule has 1 fully saturated rings. The maximum absolute atomic E-state index is 14.2. The molecule has 2 nitrogen and oxygen atoms in total. The Hall–Kier alpha value is -1.16. The Balaban J connectivity index is 2.13. The molecule has 1 aliphatic heterocycles. The topological polar surface area (TPSA) is 15.3 Å². The monoisotopic (exact) mass is 282 g/mol. The second-order valence-corrected chi connectivity index (χ2v) is 5.78. The lowest BCUT2D eigenvalue weighted by Gasteiger charge is -2.33. The average Bonchev–Trinajstić information content (AvgIpc) is 2.38. The molecule has 20 heavy (non-hydrogen) atoms. The molecule has 0 radical (unpaired) electrons. The van der Waals surface area contributed by atoms with Crippen molar-refractivity contribution in [2.75, 3.05) is 24.5 Å². The summed E-state index contributed by atoms with van der Waals surface area (Å²) in [6.45, 7) is 7.04. The highest BCUT2D eigenvalue weighted by molar-refractivity contribution is 5.51. The van der Waals surface area contributed by atoms with E-state index in [1.807, 2.05) is 4.90 Å². The Kier molecular flexibility index (Phi) is 5.35. The molecule has 0 aliphatic carbocycles. The van der Waals surface area contributed by atoms with Crippen LogP contribution in [-0.2, 0) is 6.54 Å². The number of hydrogen-bond donors (Lipinski definition) is 1. The molecule has 1 aromatic carbocycles. The Morgan fingerprint density at radius 3 is 2.60 bits per heavy atom. The van der Waals surface area contributed by atoms with Crippen LogP contribution in [0.4, 0.5) is 14.5 Å². The minimum Gasteiger partial charge on any atom is -0.367 e. The maximum Gasteiger partial charge on any atom is 0.149 e. The molecule has 0 amide bonds. The van der Waals surface area contributed by atoms with Crippen molar-refractivity contribution in [3.8, 4) is 0 Å². The average molecular weight is 282 g/mol. The van der Waals surface area contributed by atoms with Gasteiger partial charge in [-0.2, -0.15) is 0 Å². The molecule has 0 saturated carbocycles. The van der Waals surface area contributed by atoms with Gasteiger partial charge in [0.1, 0.15) is 17.3 Å². The third kappa shape index (κ3) is 3.69. The SMILES string of the molecule is CCCNCc1cc(F)c(N2CCCC(C)C2)c(F)c1. The molecule has 0 aromatic heterocycles. The van der Waals surface area contributed by atoms with Crippen molar-refractivity contribution in [1.29, 1.82) is 0 Å². The van der Waals surface area contributed by atoms with Gasteiger partial charge in [0, 0.05) is 19.6 Å². The fraction of sp³-hybridized carbons (Fsp3) is 0.625. The molecular formula is C16H24F2N2. The third-order valence-corrected chi connectivity index (χ3v) is 3.81. The zero-order chi connectivity index (χ0) is 14.5. The molecule has 112 valence electrons. The summed E-state index contributed by atoms with van der Waals surface area (Å²) in [6, 6.07) is 2.92. The molecule has 1 atom stereocenters. The number of benzene rings is 1. The summed E-state index contributed by atoms with van der Waals surface area (Å²) in [5, 5.41) is 3.16. The van der Waals surface area contributed by atoms with Crippen LogP contribution in [0.1, 0.15) is 38.7 Å². The van der Waals surface area contributed by atoms with Gasteiger partial charge in [-0.25, -0.2) is 8.78 Å². The summed E-state index contributed by atoms with van der Waals surface area (Å²) in [5.74, 6) is -0.381. The molecular weight excluding hydrogens is 258 g/mol. The lowest BCUT2D eigenvalue weighted by Crippen LogP contribution is -2.35. The van der Waals surface area contributed by atoms with Crippen LogP contribution in [0.3, 0.4) is 0 Å². The summed E-state index contributed by atoms with van der Waals surface area (Å²) in [7, 11) is 0. The standard InChI is InChI=1S/C16H24F2N2/c1-3-6-19-10-13-8-14(17)16(15(18)9-13)20-7-4-5-12(2)11-20/h8-9,12,19H,3-7,10-11H2,1-2H3. The quantitative estimate of drug-likeness (QED) is 0.828. The Bertz CT molecular complexity index is 425. The predicted octanol–water partition coefficient (Wildman–Crippen LogP) is 3.70. The van der Waals surface area contributed by atoms with E-state index < -0.39 is 11.6 Å². The van der Waals surface area contributed by atoms with Gasteiger partial charge < -0.3 is 10.2 Å². The smallest absolute Gasteiger partial charge is 0.149 e. The molecule has 1 saturated heterocycles. The van der Waals surface area contributed by atoms with E-state index in [1.165, 1.54) is 12.1 Å². The van der Waals surface area contributed by atoms with Crippen molar-refractivity contribution in [3.63, 3.8) is 0 Å².